The molecule has 8 heteroatoms. The van der Waals surface area contributed by atoms with Gasteiger partial charge in [-0.25, -0.2) is 4.98 Å². The first-order valence-electron chi connectivity index (χ1n) is 10.9. The van der Waals surface area contributed by atoms with E-state index >= 15 is 0 Å². The number of amides is 1. The Bertz CT molecular complexity index is 1220. The van der Waals surface area contributed by atoms with E-state index < -0.39 is 17.7 Å². The van der Waals surface area contributed by atoms with Crippen molar-refractivity contribution in [1.82, 2.24) is 9.88 Å². The summed E-state index contributed by atoms with van der Waals surface area (Å²) in [6.45, 7) is 4.50. The predicted octanol–water partition coefficient (Wildman–Crippen LogP) is 4.56. The first kappa shape index (κ1) is 23.7. The van der Waals surface area contributed by atoms with E-state index in [0.29, 0.717) is 28.5 Å². The Kier molecular flexibility index (Phi) is 7.09. The number of ether oxygens (including phenoxy) is 2. The summed E-state index contributed by atoms with van der Waals surface area (Å²) in [4.78, 5) is 32.6. The van der Waals surface area contributed by atoms with Crippen LogP contribution in [0.25, 0.3) is 0 Å². The normalized spacial score (nSPS) is 15.8. The van der Waals surface area contributed by atoms with Crippen LogP contribution in [0.2, 0.25) is 0 Å². The highest BCUT2D eigenvalue weighted by Gasteiger charge is 2.44. The Morgan fingerprint density at radius 2 is 1.82 bits per heavy atom. The van der Waals surface area contributed by atoms with E-state index in [2.05, 4.69) is 4.98 Å². The van der Waals surface area contributed by atoms with Crippen LogP contribution in [0.15, 0.2) is 65.9 Å². The van der Waals surface area contributed by atoms with Crippen molar-refractivity contribution in [3.05, 3.63) is 92.6 Å². The van der Waals surface area contributed by atoms with Crippen LogP contribution in [0.3, 0.4) is 0 Å². The topological polar surface area (TPSA) is 89.0 Å². The van der Waals surface area contributed by atoms with E-state index in [-0.39, 0.29) is 24.5 Å². The minimum atomic E-state index is -0.736. The first-order chi connectivity index (χ1) is 16.4. The maximum Gasteiger partial charge on any atom is 0.290 e. The van der Waals surface area contributed by atoms with Gasteiger partial charge in [0.2, 0.25) is 5.78 Å². The molecule has 176 valence electrons. The van der Waals surface area contributed by atoms with Gasteiger partial charge in [0.15, 0.2) is 5.76 Å². The number of hydrogen-bond donors (Lipinski definition) is 1. The Morgan fingerprint density at radius 1 is 1.12 bits per heavy atom. The first-order valence-corrected chi connectivity index (χ1v) is 11.7. The van der Waals surface area contributed by atoms with E-state index in [9.17, 15) is 14.7 Å². The number of rotatable bonds is 9. The number of Topliss-reactive ketones (excluding diaryl/α,β-unsaturated/α-hetero) is 1. The molecule has 0 aliphatic carbocycles. The average molecular weight is 479 g/mol. The van der Waals surface area contributed by atoms with Gasteiger partial charge in [0.05, 0.1) is 33.8 Å². The SMILES string of the molecule is COCCN1C(=O)C(O)=C(C(=O)c2sc(C)nc2C)C1c1ccc(OCc2ccccc2)cc1. The van der Waals surface area contributed by atoms with Crippen LogP contribution < -0.4 is 4.74 Å². The van der Waals surface area contributed by atoms with Gasteiger partial charge in [-0.2, -0.15) is 0 Å². The molecule has 1 aliphatic heterocycles. The molecule has 0 radical (unpaired) electrons. The van der Waals surface area contributed by atoms with Crippen LogP contribution in [-0.2, 0) is 16.1 Å². The molecule has 7 nitrogen and oxygen atoms in total. The number of aromatic nitrogens is 1. The van der Waals surface area contributed by atoms with Crippen molar-refractivity contribution in [2.24, 2.45) is 0 Å². The summed E-state index contributed by atoms with van der Waals surface area (Å²) in [5.41, 5.74) is 2.39. The fourth-order valence-corrected chi connectivity index (χ4v) is 4.88. The molecule has 4 rings (SSSR count). The number of aliphatic hydroxyl groups is 1. The molecule has 0 bridgehead atoms. The summed E-state index contributed by atoms with van der Waals surface area (Å²) < 4.78 is 11.0. The number of methoxy groups -OCH3 is 1. The van der Waals surface area contributed by atoms with Crippen molar-refractivity contribution >= 4 is 23.0 Å². The lowest BCUT2D eigenvalue weighted by atomic mass is 9.95. The number of nitrogens with zero attached hydrogens (tertiary/aromatic N) is 2. The lowest BCUT2D eigenvalue weighted by molar-refractivity contribution is -0.130. The van der Waals surface area contributed by atoms with Gasteiger partial charge in [0.1, 0.15) is 12.4 Å². The predicted molar refractivity (Wildman–Crippen MR) is 129 cm³/mol. The van der Waals surface area contributed by atoms with Crippen molar-refractivity contribution in [3.63, 3.8) is 0 Å². The highest BCUT2D eigenvalue weighted by Crippen LogP contribution is 2.40. The van der Waals surface area contributed by atoms with Gasteiger partial charge in [-0.15, -0.1) is 11.3 Å². The molecule has 3 aromatic rings. The maximum absolute atomic E-state index is 13.5. The fraction of sp³-hybridized carbons (Fsp3) is 0.269. The molecule has 1 aliphatic rings. The van der Waals surface area contributed by atoms with Crippen molar-refractivity contribution in [2.75, 3.05) is 20.3 Å². The summed E-state index contributed by atoms with van der Waals surface area (Å²) in [7, 11) is 1.54. The van der Waals surface area contributed by atoms with E-state index in [1.807, 2.05) is 49.4 Å². The summed E-state index contributed by atoms with van der Waals surface area (Å²) in [6, 6.07) is 16.3. The van der Waals surface area contributed by atoms with Gasteiger partial charge >= 0.3 is 0 Å². The lowest BCUT2D eigenvalue weighted by Gasteiger charge is -2.26. The number of carbonyl (C=O) groups is 2. The van der Waals surface area contributed by atoms with Crippen molar-refractivity contribution in [1.29, 1.82) is 0 Å². The second-order valence-corrected chi connectivity index (χ2v) is 9.18. The van der Waals surface area contributed by atoms with Crippen LogP contribution >= 0.6 is 11.3 Å². The third kappa shape index (κ3) is 4.73. The number of aryl methyl sites for hydroxylation is 2. The zero-order valence-corrected chi connectivity index (χ0v) is 20.1. The third-order valence-corrected chi connectivity index (χ3v) is 6.71. The molecule has 0 saturated heterocycles. The average Bonchev–Trinajstić information content (AvgIpc) is 3.32. The molecule has 2 heterocycles. The second-order valence-electron chi connectivity index (χ2n) is 7.98. The quantitative estimate of drug-likeness (QED) is 0.454. The Morgan fingerprint density at radius 3 is 2.44 bits per heavy atom. The molecule has 2 aromatic carbocycles. The number of carbonyl (C=O) groups excluding carboxylic acids is 2. The molecule has 0 saturated carbocycles. The van der Waals surface area contributed by atoms with Crippen LogP contribution in [-0.4, -0.2) is 46.9 Å². The second kappa shape index (κ2) is 10.2. The van der Waals surface area contributed by atoms with Gasteiger partial charge < -0.3 is 19.5 Å². The lowest BCUT2D eigenvalue weighted by Crippen LogP contribution is -2.34. The molecule has 1 atom stereocenters. The van der Waals surface area contributed by atoms with E-state index in [4.69, 9.17) is 9.47 Å². The smallest absolute Gasteiger partial charge is 0.290 e. The Hall–Kier alpha value is -3.49. The number of ketones is 1. The fourth-order valence-electron chi connectivity index (χ4n) is 4.00. The summed E-state index contributed by atoms with van der Waals surface area (Å²) in [5, 5.41) is 11.5. The van der Waals surface area contributed by atoms with E-state index in [1.165, 1.54) is 23.3 Å². The maximum atomic E-state index is 13.5. The van der Waals surface area contributed by atoms with E-state index in [0.717, 1.165) is 10.6 Å². The monoisotopic (exact) mass is 478 g/mol. The van der Waals surface area contributed by atoms with Crippen molar-refractivity contribution in [2.45, 2.75) is 26.5 Å². The number of hydrogen-bond acceptors (Lipinski definition) is 7. The summed E-state index contributed by atoms with van der Waals surface area (Å²) in [5.74, 6) is -0.840. The zero-order valence-electron chi connectivity index (χ0n) is 19.3. The molecule has 1 unspecified atom stereocenters. The van der Waals surface area contributed by atoms with Crippen LogP contribution in [0, 0.1) is 13.8 Å². The van der Waals surface area contributed by atoms with Crippen LogP contribution in [0.1, 0.15) is 37.5 Å². The van der Waals surface area contributed by atoms with Gasteiger partial charge in [-0.3, -0.25) is 9.59 Å². The van der Waals surface area contributed by atoms with Gasteiger partial charge in [-0.1, -0.05) is 42.5 Å². The number of aliphatic hydroxyl groups excluding tert-OH is 1. The Labute approximate surface area is 202 Å². The van der Waals surface area contributed by atoms with Crippen molar-refractivity contribution in [3.8, 4) is 5.75 Å². The zero-order chi connectivity index (χ0) is 24.2. The molecule has 1 amide bonds. The highest BCUT2D eigenvalue weighted by atomic mass is 32.1. The van der Waals surface area contributed by atoms with Gasteiger partial charge in [-0.05, 0) is 37.1 Å². The summed E-state index contributed by atoms with van der Waals surface area (Å²) >= 11 is 1.26. The summed E-state index contributed by atoms with van der Waals surface area (Å²) in [6.07, 6.45) is 0. The number of thiazole rings is 1. The van der Waals surface area contributed by atoms with Gasteiger partial charge in [0, 0.05) is 13.7 Å². The molecule has 34 heavy (non-hydrogen) atoms. The Balaban J connectivity index is 1.64. The molecular weight excluding hydrogens is 452 g/mol. The molecule has 0 spiro atoms. The molecular formula is C26H26N2O5S. The minimum Gasteiger partial charge on any atom is -0.503 e. The van der Waals surface area contributed by atoms with Gasteiger partial charge in [0.25, 0.3) is 5.91 Å². The standard InChI is InChI=1S/C26H26N2O5S/c1-16-25(34-17(2)27-16)23(29)21-22(28(13-14-32-3)26(31)24(21)30)19-9-11-20(12-10-19)33-15-18-7-5-4-6-8-18/h4-12,22,30H,13-15H2,1-3H3. The third-order valence-electron chi connectivity index (χ3n) is 5.64. The molecule has 1 N–H and O–H groups in total. The minimum absolute atomic E-state index is 0.0609. The number of benzene rings is 2. The largest absolute Gasteiger partial charge is 0.503 e. The van der Waals surface area contributed by atoms with E-state index in [1.54, 1.807) is 19.1 Å². The molecule has 1 aromatic heterocycles. The highest BCUT2D eigenvalue weighted by molar-refractivity contribution is 7.14. The van der Waals surface area contributed by atoms with Crippen LogP contribution in [0.5, 0.6) is 5.75 Å². The van der Waals surface area contributed by atoms with Crippen LogP contribution in [0.4, 0.5) is 0 Å². The molecule has 0 fully saturated rings. The van der Waals surface area contributed by atoms with Crippen molar-refractivity contribution < 1.29 is 24.2 Å².